The number of amides is 5. The van der Waals surface area contributed by atoms with Crippen molar-refractivity contribution in [2.24, 2.45) is 5.92 Å². The van der Waals surface area contributed by atoms with Gasteiger partial charge < -0.3 is 14.4 Å². The van der Waals surface area contributed by atoms with Crippen LogP contribution in [0, 0.1) is 11.7 Å². The molecule has 1 atom stereocenters. The molecular weight excluding hydrogens is 449 g/mol. The van der Waals surface area contributed by atoms with Gasteiger partial charge in [0.2, 0.25) is 12.5 Å². The second-order valence-corrected chi connectivity index (χ2v) is 7.52. The Morgan fingerprint density at radius 3 is 2.19 bits per heavy atom. The van der Waals surface area contributed by atoms with Gasteiger partial charge in [-0.3, -0.25) is 9.69 Å². The normalized spacial score (nSPS) is 11.4. The number of hydrogen-bond donors (Lipinski definition) is 0. The molecule has 1 rings (SSSR count). The first-order valence-corrected chi connectivity index (χ1v) is 9.85. The number of esters is 2. The second-order valence-electron chi connectivity index (χ2n) is 7.12. The average Bonchev–Trinajstić information content (AvgIpc) is 2.72. The van der Waals surface area contributed by atoms with E-state index in [0.717, 1.165) is 18.0 Å². The fourth-order valence-corrected chi connectivity index (χ4v) is 2.64. The van der Waals surface area contributed by atoms with Gasteiger partial charge in [0, 0.05) is 27.1 Å². The Hall–Kier alpha value is -3.21. The molecule has 1 unspecified atom stereocenters. The van der Waals surface area contributed by atoms with Crippen molar-refractivity contribution in [3.05, 3.63) is 28.5 Å². The van der Waals surface area contributed by atoms with Gasteiger partial charge in [0.1, 0.15) is 5.82 Å². The molecular formula is C20H25ClFN3O7. The van der Waals surface area contributed by atoms with Gasteiger partial charge in [0.25, 0.3) is 0 Å². The fraction of sp³-hybridized carbons (Fsp3) is 0.450. The topological polar surface area (TPSA) is 114 Å². The Balaban J connectivity index is 3.50. The zero-order chi connectivity index (χ0) is 24.7. The average molecular weight is 474 g/mol. The van der Waals surface area contributed by atoms with Gasteiger partial charge in [0.05, 0.1) is 22.9 Å². The molecule has 0 fully saturated rings. The summed E-state index contributed by atoms with van der Waals surface area (Å²) in [6.07, 6.45) is -1.14. The van der Waals surface area contributed by atoms with Crippen LogP contribution >= 0.6 is 11.6 Å². The third kappa shape index (κ3) is 6.16. The van der Waals surface area contributed by atoms with Crippen LogP contribution in [0.15, 0.2) is 12.1 Å². The molecule has 0 saturated carbocycles. The molecule has 0 saturated heterocycles. The van der Waals surface area contributed by atoms with E-state index in [2.05, 4.69) is 0 Å². The van der Waals surface area contributed by atoms with Crippen LogP contribution in [0.25, 0.3) is 0 Å². The van der Waals surface area contributed by atoms with Gasteiger partial charge >= 0.3 is 24.0 Å². The van der Waals surface area contributed by atoms with E-state index in [-0.39, 0.29) is 18.0 Å². The molecule has 0 spiro atoms. The van der Waals surface area contributed by atoms with Crippen LogP contribution in [0.4, 0.5) is 19.7 Å². The van der Waals surface area contributed by atoms with E-state index in [1.54, 1.807) is 20.8 Å². The number of ether oxygens (including phenoxy) is 2. The van der Waals surface area contributed by atoms with E-state index in [4.69, 9.17) is 21.1 Å². The van der Waals surface area contributed by atoms with E-state index in [1.807, 2.05) is 0 Å². The number of benzene rings is 1. The largest absolute Gasteiger partial charge is 0.463 e. The summed E-state index contributed by atoms with van der Waals surface area (Å²) in [6, 6.07) is -0.617. The Morgan fingerprint density at radius 1 is 1.12 bits per heavy atom. The maximum atomic E-state index is 14.7. The summed E-state index contributed by atoms with van der Waals surface area (Å²) >= 11 is 5.99. The van der Waals surface area contributed by atoms with Crippen LogP contribution in [0.1, 0.15) is 31.1 Å². The lowest BCUT2D eigenvalue weighted by Gasteiger charge is -2.27. The SMILES string of the molecule is CCOC(=O)C(OC(=O)c1cc(N(C(=O)N(C)C)C(=O)N(C)C=O)c(F)cc1Cl)C(C)C. The number of carbonyl (C=O) groups is 5. The van der Waals surface area contributed by atoms with E-state index in [9.17, 15) is 28.4 Å². The first-order valence-electron chi connectivity index (χ1n) is 9.47. The summed E-state index contributed by atoms with van der Waals surface area (Å²) in [4.78, 5) is 62.8. The van der Waals surface area contributed by atoms with Crippen LogP contribution < -0.4 is 4.90 Å². The van der Waals surface area contributed by atoms with Gasteiger partial charge in [-0.25, -0.2) is 28.5 Å². The van der Waals surface area contributed by atoms with Gasteiger partial charge in [-0.2, -0.15) is 0 Å². The first-order chi connectivity index (χ1) is 14.9. The minimum atomic E-state index is -1.27. The van der Waals surface area contributed by atoms with Crippen molar-refractivity contribution < 1.29 is 37.8 Å². The van der Waals surface area contributed by atoms with E-state index in [1.165, 1.54) is 14.1 Å². The molecule has 0 aliphatic carbocycles. The molecule has 176 valence electrons. The highest BCUT2D eigenvalue weighted by molar-refractivity contribution is 6.34. The van der Waals surface area contributed by atoms with Crippen molar-refractivity contribution in [3.63, 3.8) is 0 Å². The summed E-state index contributed by atoms with van der Waals surface area (Å²) < 4.78 is 24.8. The molecule has 1 aromatic carbocycles. The molecule has 12 heteroatoms. The predicted octanol–water partition coefficient (Wildman–Crippen LogP) is 2.92. The highest BCUT2D eigenvalue weighted by atomic mass is 35.5. The third-order valence-electron chi connectivity index (χ3n) is 4.08. The number of urea groups is 2. The number of rotatable bonds is 7. The van der Waals surface area contributed by atoms with Crippen molar-refractivity contribution in [1.82, 2.24) is 9.80 Å². The summed E-state index contributed by atoms with van der Waals surface area (Å²) in [6.45, 7) is 4.90. The zero-order valence-electron chi connectivity index (χ0n) is 18.5. The monoisotopic (exact) mass is 473 g/mol. The number of halogens is 2. The van der Waals surface area contributed by atoms with E-state index in [0.29, 0.717) is 15.9 Å². The van der Waals surface area contributed by atoms with Crippen molar-refractivity contribution >= 4 is 47.7 Å². The number of nitrogens with zero attached hydrogens (tertiary/aromatic N) is 3. The highest BCUT2D eigenvalue weighted by Gasteiger charge is 2.33. The van der Waals surface area contributed by atoms with Crippen LogP contribution in [-0.2, 0) is 19.1 Å². The summed E-state index contributed by atoms with van der Waals surface area (Å²) in [5.41, 5.74) is -1.05. The smallest absolute Gasteiger partial charge is 0.347 e. The highest BCUT2D eigenvalue weighted by Crippen LogP contribution is 2.29. The molecule has 0 aliphatic rings. The van der Waals surface area contributed by atoms with Crippen LogP contribution in [-0.4, -0.2) is 74.1 Å². The predicted molar refractivity (Wildman–Crippen MR) is 113 cm³/mol. The fourth-order valence-electron chi connectivity index (χ4n) is 2.42. The number of imide groups is 2. The van der Waals surface area contributed by atoms with Gasteiger partial charge in [-0.1, -0.05) is 25.4 Å². The summed E-state index contributed by atoms with van der Waals surface area (Å²) in [5.74, 6) is -3.44. The van der Waals surface area contributed by atoms with Crippen LogP contribution in [0.5, 0.6) is 0 Å². The Morgan fingerprint density at radius 2 is 1.72 bits per heavy atom. The second kappa shape index (κ2) is 11.4. The van der Waals surface area contributed by atoms with Crippen LogP contribution in [0.3, 0.4) is 0 Å². The minimum Gasteiger partial charge on any atom is -0.463 e. The molecule has 0 aliphatic heterocycles. The van der Waals surface area contributed by atoms with Crippen molar-refractivity contribution in [2.75, 3.05) is 32.6 Å². The molecule has 5 amide bonds. The van der Waals surface area contributed by atoms with E-state index >= 15 is 0 Å². The molecule has 32 heavy (non-hydrogen) atoms. The standard InChI is InChI=1S/C20H25ClFN3O7/c1-7-31-18(28)16(11(2)3)32-17(27)12-8-15(14(22)9-13(12)21)25(19(29)23(4)5)20(30)24(6)10-26/h8-11,16H,7H2,1-6H3. The van der Waals surface area contributed by atoms with Crippen molar-refractivity contribution in [1.29, 1.82) is 0 Å². The Bertz CT molecular complexity index is 907. The quantitative estimate of drug-likeness (QED) is 0.442. The minimum absolute atomic E-state index is 0.0645. The van der Waals surface area contributed by atoms with Crippen LogP contribution in [0.2, 0.25) is 5.02 Å². The molecule has 0 N–H and O–H groups in total. The molecule has 0 aromatic heterocycles. The van der Waals surface area contributed by atoms with Crippen molar-refractivity contribution in [2.45, 2.75) is 26.9 Å². The number of hydrogen-bond acceptors (Lipinski definition) is 7. The first kappa shape index (κ1) is 26.8. The Labute approximate surface area is 189 Å². The van der Waals surface area contributed by atoms with Gasteiger partial charge in [-0.05, 0) is 19.1 Å². The maximum Gasteiger partial charge on any atom is 0.347 e. The number of anilines is 1. The summed E-state index contributed by atoms with van der Waals surface area (Å²) in [5, 5.41) is -0.379. The number of carbonyl (C=O) groups excluding carboxylic acids is 5. The Kier molecular flexibility index (Phi) is 9.57. The van der Waals surface area contributed by atoms with Crippen molar-refractivity contribution in [3.8, 4) is 0 Å². The molecule has 0 heterocycles. The van der Waals surface area contributed by atoms with E-state index < -0.39 is 53.1 Å². The molecule has 10 nitrogen and oxygen atoms in total. The molecule has 0 radical (unpaired) electrons. The maximum absolute atomic E-state index is 14.7. The van der Waals surface area contributed by atoms with Gasteiger partial charge in [0.15, 0.2) is 0 Å². The lowest BCUT2D eigenvalue weighted by atomic mass is 10.1. The van der Waals surface area contributed by atoms with Gasteiger partial charge in [-0.15, -0.1) is 0 Å². The zero-order valence-corrected chi connectivity index (χ0v) is 19.3. The third-order valence-corrected chi connectivity index (χ3v) is 4.39. The lowest BCUT2D eigenvalue weighted by molar-refractivity contribution is -0.155. The lowest BCUT2D eigenvalue weighted by Crippen LogP contribution is -2.49. The summed E-state index contributed by atoms with van der Waals surface area (Å²) in [7, 11) is 3.68. The molecule has 1 aromatic rings. The molecule has 0 bridgehead atoms.